The molecule has 0 fully saturated rings. The van der Waals surface area contributed by atoms with Crippen molar-refractivity contribution >= 4 is 37.5 Å². The molecule has 0 aliphatic heterocycles. The molecule has 3 aromatic carbocycles. The van der Waals surface area contributed by atoms with Crippen molar-refractivity contribution in [1.29, 1.82) is 0 Å². The number of nitrogens with zero attached hydrogens (tertiary/aromatic N) is 1. The predicted molar refractivity (Wildman–Crippen MR) is 115 cm³/mol. The summed E-state index contributed by atoms with van der Waals surface area (Å²) in [5.41, 5.74) is 2.59. The van der Waals surface area contributed by atoms with Crippen LogP contribution in [0.25, 0.3) is 0 Å². The van der Waals surface area contributed by atoms with Crippen molar-refractivity contribution in [3.63, 3.8) is 0 Å². The summed E-state index contributed by atoms with van der Waals surface area (Å²) in [6.07, 6.45) is 0.824. The zero-order valence-corrected chi connectivity index (χ0v) is 18.0. The van der Waals surface area contributed by atoms with Gasteiger partial charge in [-0.3, -0.25) is 4.79 Å². The highest BCUT2D eigenvalue weighted by molar-refractivity contribution is 9.10. The third kappa shape index (κ3) is 4.18. The first-order chi connectivity index (χ1) is 13.3. The van der Waals surface area contributed by atoms with Crippen molar-refractivity contribution in [3.05, 3.63) is 94.0 Å². The molecule has 0 heterocycles. The quantitative estimate of drug-likeness (QED) is 0.518. The van der Waals surface area contributed by atoms with E-state index in [1.54, 1.807) is 48.5 Å². The summed E-state index contributed by atoms with van der Waals surface area (Å²) in [7, 11) is -4.08. The highest BCUT2D eigenvalue weighted by atomic mass is 79.9. The number of rotatable bonds is 5. The van der Waals surface area contributed by atoms with Gasteiger partial charge in [-0.05, 0) is 61.4 Å². The summed E-state index contributed by atoms with van der Waals surface area (Å²) >= 11 is 3.34. The van der Waals surface area contributed by atoms with Crippen LogP contribution >= 0.6 is 15.9 Å². The number of hydrogen-bond donors (Lipinski definition) is 0. The van der Waals surface area contributed by atoms with Crippen LogP contribution < -0.4 is 4.31 Å². The van der Waals surface area contributed by atoms with Crippen LogP contribution in [0.4, 0.5) is 5.69 Å². The summed E-state index contributed by atoms with van der Waals surface area (Å²) in [6.45, 7) is 3.90. The van der Waals surface area contributed by atoms with E-state index >= 15 is 0 Å². The topological polar surface area (TPSA) is 54.5 Å². The number of anilines is 1. The maximum Gasteiger partial charge on any atom is 0.272 e. The van der Waals surface area contributed by atoms with Crippen LogP contribution in [0.15, 0.2) is 82.2 Å². The van der Waals surface area contributed by atoms with E-state index in [4.69, 9.17) is 0 Å². The fourth-order valence-corrected chi connectivity index (χ4v) is 4.60. The van der Waals surface area contributed by atoms with Crippen molar-refractivity contribution in [1.82, 2.24) is 0 Å². The Hall–Kier alpha value is -2.44. The van der Waals surface area contributed by atoms with Crippen LogP contribution in [0.5, 0.6) is 0 Å². The molecule has 0 spiro atoms. The van der Waals surface area contributed by atoms with Crippen molar-refractivity contribution in [2.45, 2.75) is 25.2 Å². The van der Waals surface area contributed by atoms with Crippen LogP contribution in [0.1, 0.15) is 28.4 Å². The van der Waals surface area contributed by atoms with E-state index in [9.17, 15) is 13.2 Å². The van der Waals surface area contributed by atoms with Crippen LogP contribution in [-0.2, 0) is 16.4 Å². The number of halogens is 1. The normalized spacial score (nSPS) is 11.2. The van der Waals surface area contributed by atoms with Crippen LogP contribution in [0.2, 0.25) is 0 Å². The third-order valence-corrected chi connectivity index (χ3v) is 6.61. The molecule has 0 N–H and O–H groups in total. The lowest BCUT2D eigenvalue weighted by atomic mass is 10.1. The van der Waals surface area contributed by atoms with E-state index in [-0.39, 0.29) is 10.5 Å². The molecule has 1 amide bonds. The lowest BCUT2D eigenvalue weighted by Crippen LogP contribution is -2.37. The molecule has 0 bridgehead atoms. The fourth-order valence-electron chi connectivity index (χ4n) is 2.79. The smallest absolute Gasteiger partial charge is 0.268 e. The minimum atomic E-state index is -4.08. The minimum absolute atomic E-state index is 0.0704. The number of carbonyl (C=O) groups is 1. The van der Waals surface area contributed by atoms with Gasteiger partial charge in [-0.1, -0.05) is 58.7 Å². The van der Waals surface area contributed by atoms with Gasteiger partial charge in [-0.15, -0.1) is 0 Å². The molecule has 28 heavy (non-hydrogen) atoms. The highest BCUT2D eigenvalue weighted by Crippen LogP contribution is 2.27. The second-order valence-corrected chi connectivity index (χ2v) is 9.12. The third-order valence-electron chi connectivity index (χ3n) is 4.39. The van der Waals surface area contributed by atoms with E-state index in [0.717, 1.165) is 21.9 Å². The molecule has 4 nitrogen and oxygen atoms in total. The number of amides is 1. The van der Waals surface area contributed by atoms with Gasteiger partial charge in [0.15, 0.2) is 0 Å². The van der Waals surface area contributed by atoms with Crippen LogP contribution in [0.3, 0.4) is 0 Å². The monoisotopic (exact) mass is 457 g/mol. The van der Waals surface area contributed by atoms with Crippen LogP contribution in [0, 0.1) is 6.92 Å². The van der Waals surface area contributed by atoms with E-state index < -0.39 is 15.9 Å². The van der Waals surface area contributed by atoms with Crippen LogP contribution in [-0.4, -0.2) is 14.3 Å². The second-order valence-electron chi connectivity index (χ2n) is 6.42. The SMILES string of the molecule is CCc1ccc(N(C(=O)c2cccc(Br)c2)S(=O)(=O)c2ccc(C)cc2)cc1. The summed E-state index contributed by atoms with van der Waals surface area (Å²) in [6, 6.07) is 20.2. The van der Waals surface area contributed by atoms with Gasteiger partial charge in [0.05, 0.1) is 10.6 Å². The number of sulfonamides is 1. The molecule has 0 aliphatic rings. The first-order valence-electron chi connectivity index (χ1n) is 8.84. The second kappa shape index (κ2) is 8.29. The Labute approximate surface area is 174 Å². The van der Waals surface area contributed by atoms with Gasteiger partial charge in [0.2, 0.25) is 0 Å². The Balaban J connectivity index is 2.15. The molecular weight excluding hydrogens is 438 g/mol. The van der Waals surface area contributed by atoms with E-state index in [1.807, 2.05) is 26.0 Å². The summed E-state index contributed by atoms with van der Waals surface area (Å²) < 4.78 is 28.4. The molecule has 0 unspecified atom stereocenters. The van der Waals surface area contributed by atoms with E-state index in [1.165, 1.54) is 12.1 Å². The average Bonchev–Trinajstić information content (AvgIpc) is 2.69. The number of aryl methyl sites for hydroxylation is 2. The van der Waals surface area contributed by atoms with Gasteiger partial charge in [0.25, 0.3) is 15.9 Å². The maximum absolute atomic E-state index is 13.4. The Morgan fingerprint density at radius 2 is 1.61 bits per heavy atom. The predicted octanol–water partition coefficient (Wildman–Crippen LogP) is 5.36. The Kier molecular flexibility index (Phi) is 6.01. The lowest BCUT2D eigenvalue weighted by molar-refractivity contribution is 0.101. The average molecular weight is 458 g/mol. The Morgan fingerprint density at radius 3 is 2.18 bits per heavy atom. The van der Waals surface area contributed by atoms with E-state index in [2.05, 4.69) is 15.9 Å². The lowest BCUT2D eigenvalue weighted by Gasteiger charge is -2.23. The van der Waals surface area contributed by atoms with Gasteiger partial charge in [0.1, 0.15) is 0 Å². The summed E-state index contributed by atoms with van der Waals surface area (Å²) in [5.74, 6) is -0.605. The number of carbonyl (C=O) groups excluding carboxylic acids is 1. The van der Waals surface area contributed by atoms with Crippen molar-refractivity contribution in [2.24, 2.45) is 0 Å². The number of benzene rings is 3. The summed E-state index contributed by atoms with van der Waals surface area (Å²) in [5, 5.41) is 0. The largest absolute Gasteiger partial charge is 0.272 e. The van der Waals surface area contributed by atoms with Gasteiger partial charge in [-0.2, -0.15) is 4.31 Å². The zero-order chi connectivity index (χ0) is 20.3. The highest BCUT2D eigenvalue weighted by Gasteiger charge is 2.31. The molecule has 144 valence electrons. The molecule has 0 radical (unpaired) electrons. The van der Waals surface area contributed by atoms with Crippen molar-refractivity contribution < 1.29 is 13.2 Å². The van der Waals surface area contributed by atoms with Crippen molar-refractivity contribution in [3.8, 4) is 0 Å². The first-order valence-corrected chi connectivity index (χ1v) is 11.1. The van der Waals surface area contributed by atoms with Gasteiger partial charge >= 0.3 is 0 Å². The summed E-state index contributed by atoms with van der Waals surface area (Å²) in [4.78, 5) is 13.3. The van der Waals surface area contributed by atoms with Crippen molar-refractivity contribution in [2.75, 3.05) is 4.31 Å². The molecule has 0 saturated heterocycles. The Bertz CT molecular complexity index is 1090. The first kappa shape index (κ1) is 20.3. The molecule has 6 heteroatoms. The van der Waals surface area contributed by atoms with Gasteiger partial charge in [-0.25, -0.2) is 8.42 Å². The maximum atomic E-state index is 13.4. The molecule has 0 aromatic heterocycles. The molecule has 3 aromatic rings. The van der Waals surface area contributed by atoms with Gasteiger partial charge in [0, 0.05) is 10.0 Å². The molecule has 0 saturated carbocycles. The molecule has 3 rings (SSSR count). The van der Waals surface area contributed by atoms with E-state index in [0.29, 0.717) is 10.2 Å². The minimum Gasteiger partial charge on any atom is -0.268 e. The fraction of sp³-hybridized carbons (Fsp3) is 0.136. The molecule has 0 atom stereocenters. The Morgan fingerprint density at radius 1 is 0.964 bits per heavy atom. The molecular formula is C22H20BrNO3S. The zero-order valence-electron chi connectivity index (χ0n) is 15.6. The van der Waals surface area contributed by atoms with Gasteiger partial charge < -0.3 is 0 Å². The number of hydrogen-bond acceptors (Lipinski definition) is 3. The standard InChI is InChI=1S/C22H20BrNO3S/c1-3-17-9-11-20(12-10-17)24(22(25)18-5-4-6-19(23)15-18)28(26,27)21-13-7-16(2)8-14-21/h4-15H,3H2,1-2H3. The molecule has 0 aliphatic carbocycles.